The summed E-state index contributed by atoms with van der Waals surface area (Å²) in [5.41, 5.74) is 5.68. The first-order valence-corrected chi connectivity index (χ1v) is 12.5. The van der Waals surface area contributed by atoms with Gasteiger partial charge in [-0.1, -0.05) is 22.4 Å². The first kappa shape index (κ1) is 28.0. The summed E-state index contributed by atoms with van der Waals surface area (Å²) in [6, 6.07) is 16.8. The van der Waals surface area contributed by atoms with E-state index >= 15 is 0 Å². The monoisotopic (exact) mass is 539 g/mol. The van der Waals surface area contributed by atoms with Gasteiger partial charge in [-0.15, -0.1) is 0 Å². The standard InChI is InChI=1S/C31H29N3O6/c1-18-15-25(38-6)9-10-26(18)31(37)13-14-34-29-11-7-23(19(2)32-39-21(4)35)16-27(29)28-17-24(8-12-30(28)34)20(3)33-40-22(5)36/h7-17H,1-6H3/b14-13+,32-19-,33-20-. The van der Waals surface area contributed by atoms with E-state index in [0.29, 0.717) is 22.7 Å². The van der Waals surface area contributed by atoms with Crippen LogP contribution < -0.4 is 4.74 Å². The van der Waals surface area contributed by atoms with Gasteiger partial charge < -0.3 is 19.0 Å². The zero-order valence-electron chi connectivity index (χ0n) is 23.1. The Kier molecular flexibility index (Phi) is 8.23. The molecule has 9 nitrogen and oxygen atoms in total. The number of aryl methyl sites for hydroxylation is 1. The third-order valence-corrected chi connectivity index (χ3v) is 6.33. The summed E-state index contributed by atoms with van der Waals surface area (Å²) in [5, 5.41) is 9.58. The van der Waals surface area contributed by atoms with Crippen molar-refractivity contribution >= 4 is 57.2 Å². The summed E-state index contributed by atoms with van der Waals surface area (Å²) >= 11 is 0. The van der Waals surface area contributed by atoms with Crippen LogP contribution in [-0.2, 0) is 19.3 Å². The van der Waals surface area contributed by atoms with E-state index in [4.69, 9.17) is 14.4 Å². The average molecular weight is 540 g/mol. The fraction of sp³-hybridized carbons (Fsp3) is 0.194. The van der Waals surface area contributed by atoms with Gasteiger partial charge in [-0.2, -0.15) is 0 Å². The lowest BCUT2D eigenvalue weighted by Gasteiger charge is -2.06. The molecule has 40 heavy (non-hydrogen) atoms. The van der Waals surface area contributed by atoms with Gasteiger partial charge in [-0.25, -0.2) is 9.59 Å². The second kappa shape index (κ2) is 11.8. The first-order chi connectivity index (χ1) is 19.1. The van der Waals surface area contributed by atoms with E-state index in [-0.39, 0.29) is 5.78 Å². The van der Waals surface area contributed by atoms with Crippen LogP contribution >= 0.6 is 0 Å². The van der Waals surface area contributed by atoms with Crippen LogP contribution in [0.1, 0.15) is 54.7 Å². The Morgan fingerprint density at radius 3 is 1.73 bits per heavy atom. The summed E-state index contributed by atoms with van der Waals surface area (Å²) in [6.45, 7) is 7.94. The molecule has 0 saturated heterocycles. The minimum atomic E-state index is -0.508. The van der Waals surface area contributed by atoms with Crippen LogP contribution in [0, 0.1) is 6.92 Å². The molecule has 0 radical (unpaired) electrons. The molecule has 0 saturated carbocycles. The van der Waals surface area contributed by atoms with Crippen molar-refractivity contribution in [2.24, 2.45) is 10.3 Å². The molecule has 1 aromatic heterocycles. The van der Waals surface area contributed by atoms with Crippen LogP contribution in [0.2, 0.25) is 0 Å². The van der Waals surface area contributed by atoms with Gasteiger partial charge in [-0.3, -0.25) is 4.79 Å². The summed E-state index contributed by atoms with van der Waals surface area (Å²) in [6.07, 6.45) is 3.28. The lowest BCUT2D eigenvalue weighted by molar-refractivity contribution is -0.141. The topological polar surface area (TPSA) is 109 Å². The van der Waals surface area contributed by atoms with Crippen molar-refractivity contribution in [3.63, 3.8) is 0 Å². The maximum Gasteiger partial charge on any atom is 0.331 e. The summed E-state index contributed by atoms with van der Waals surface area (Å²) in [7, 11) is 1.59. The normalized spacial score (nSPS) is 12.2. The third kappa shape index (κ3) is 5.99. The van der Waals surface area contributed by atoms with Crippen molar-refractivity contribution in [3.05, 3.63) is 82.9 Å². The number of methoxy groups -OCH3 is 1. The largest absolute Gasteiger partial charge is 0.497 e. The Balaban J connectivity index is 1.85. The van der Waals surface area contributed by atoms with Crippen LogP contribution in [0.4, 0.5) is 0 Å². The molecule has 1 heterocycles. The fourth-order valence-corrected chi connectivity index (χ4v) is 4.31. The minimum Gasteiger partial charge on any atom is -0.497 e. The average Bonchev–Trinajstić information content (AvgIpc) is 3.25. The molecule has 0 unspecified atom stereocenters. The number of hydrogen-bond donors (Lipinski definition) is 0. The second-order valence-electron chi connectivity index (χ2n) is 9.21. The Morgan fingerprint density at radius 2 is 1.27 bits per heavy atom. The second-order valence-corrected chi connectivity index (χ2v) is 9.21. The van der Waals surface area contributed by atoms with Crippen molar-refractivity contribution in [3.8, 4) is 5.75 Å². The number of oxime groups is 2. The van der Waals surface area contributed by atoms with E-state index < -0.39 is 11.9 Å². The van der Waals surface area contributed by atoms with E-state index in [1.165, 1.54) is 19.9 Å². The van der Waals surface area contributed by atoms with Crippen LogP contribution in [0.5, 0.6) is 5.75 Å². The van der Waals surface area contributed by atoms with Gasteiger partial charge in [-0.05, 0) is 79.9 Å². The van der Waals surface area contributed by atoms with E-state index in [9.17, 15) is 14.4 Å². The van der Waals surface area contributed by atoms with Gasteiger partial charge >= 0.3 is 11.9 Å². The number of nitrogens with zero attached hydrogens (tertiary/aromatic N) is 3. The minimum absolute atomic E-state index is 0.142. The molecule has 0 N–H and O–H groups in total. The van der Waals surface area contributed by atoms with E-state index in [1.807, 2.05) is 54.0 Å². The van der Waals surface area contributed by atoms with Crippen molar-refractivity contribution in [2.45, 2.75) is 34.6 Å². The Morgan fingerprint density at radius 1 is 0.750 bits per heavy atom. The lowest BCUT2D eigenvalue weighted by Crippen LogP contribution is -2.00. The molecule has 0 bridgehead atoms. The van der Waals surface area contributed by atoms with Crippen molar-refractivity contribution in [1.29, 1.82) is 0 Å². The van der Waals surface area contributed by atoms with E-state index in [1.54, 1.807) is 39.3 Å². The fourth-order valence-electron chi connectivity index (χ4n) is 4.31. The molecule has 0 aliphatic carbocycles. The maximum atomic E-state index is 13.1. The van der Waals surface area contributed by atoms with Crippen molar-refractivity contribution < 1.29 is 28.8 Å². The molecule has 4 aromatic rings. The van der Waals surface area contributed by atoms with Gasteiger partial charge in [0, 0.05) is 42.5 Å². The zero-order chi connectivity index (χ0) is 29.0. The highest BCUT2D eigenvalue weighted by Crippen LogP contribution is 2.32. The van der Waals surface area contributed by atoms with Crippen LogP contribution in [0.3, 0.4) is 0 Å². The molecule has 0 amide bonds. The predicted molar refractivity (Wildman–Crippen MR) is 155 cm³/mol. The molecule has 0 spiro atoms. The molecule has 0 atom stereocenters. The quantitative estimate of drug-likeness (QED) is 0.0888. The molecule has 0 aliphatic rings. The first-order valence-electron chi connectivity index (χ1n) is 12.5. The SMILES string of the molecule is COc1ccc(C(=O)/C=C/n2c3ccc(/C(C)=N\OC(C)=O)cc3c3cc(/C(C)=N\OC(C)=O)ccc32)c(C)c1. The number of fused-ring (bicyclic) bond motifs is 3. The summed E-state index contributed by atoms with van der Waals surface area (Å²) < 4.78 is 7.19. The summed E-state index contributed by atoms with van der Waals surface area (Å²) in [5.74, 6) is -0.471. The highest BCUT2D eigenvalue weighted by molar-refractivity contribution is 6.15. The van der Waals surface area contributed by atoms with Crippen LogP contribution in [0.15, 0.2) is 71.0 Å². The number of carbonyl (C=O) groups excluding carboxylic acids is 3. The molecular formula is C31H29N3O6. The molecule has 4 rings (SSSR count). The smallest absolute Gasteiger partial charge is 0.331 e. The van der Waals surface area contributed by atoms with Gasteiger partial charge in [0.2, 0.25) is 0 Å². The van der Waals surface area contributed by atoms with Crippen molar-refractivity contribution in [1.82, 2.24) is 4.57 Å². The number of ether oxygens (including phenoxy) is 1. The molecule has 3 aromatic carbocycles. The van der Waals surface area contributed by atoms with Gasteiger partial charge in [0.25, 0.3) is 0 Å². The Labute approximate surface area is 231 Å². The number of allylic oxidation sites excluding steroid dienone is 1. The molecule has 0 fully saturated rings. The Hall–Kier alpha value is -5.05. The van der Waals surface area contributed by atoms with E-state index in [0.717, 1.165) is 38.5 Å². The molecular weight excluding hydrogens is 510 g/mol. The number of aromatic nitrogens is 1. The zero-order valence-corrected chi connectivity index (χ0v) is 23.1. The molecule has 9 heteroatoms. The van der Waals surface area contributed by atoms with E-state index in [2.05, 4.69) is 10.3 Å². The third-order valence-electron chi connectivity index (χ3n) is 6.33. The van der Waals surface area contributed by atoms with Gasteiger partial charge in [0.05, 0.1) is 29.6 Å². The highest BCUT2D eigenvalue weighted by atomic mass is 16.7. The predicted octanol–water partition coefficient (Wildman–Crippen LogP) is 6.04. The summed E-state index contributed by atoms with van der Waals surface area (Å²) in [4.78, 5) is 45.2. The highest BCUT2D eigenvalue weighted by Gasteiger charge is 2.14. The molecule has 0 aliphatic heterocycles. The lowest BCUT2D eigenvalue weighted by atomic mass is 10.0. The van der Waals surface area contributed by atoms with Crippen molar-refractivity contribution in [2.75, 3.05) is 7.11 Å². The van der Waals surface area contributed by atoms with Crippen LogP contribution in [-0.4, -0.2) is 40.8 Å². The number of ketones is 1. The van der Waals surface area contributed by atoms with Gasteiger partial charge in [0.1, 0.15) is 5.75 Å². The number of benzene rings is 3. The van der Waals surface area contributed by atoms with Gasteiger partial charge in [0.15, 0.2) is 5.78 Å². The van der Waals surface area contributed by atoms with Crippen LogP contribution in [0.25, 0.3) is 28.0 Å². The number of hydrogen-bond acceptors (Lipinski definition) is 8. The molecule has 204 valence electrons. The maximum absolute atomic E-state index is 13.1. The number of rotatable bonds is 8. The Bertz CT molecular complexity index is 1650. The number of carbonyl (C=O) groups is 3.